The van der Waals surface area contributed by atoms with Crippen molar-refractivity contribution >= 4 is 45.0 Å². The van der Waals surface area contributed by atoms with Crippen molar-refractivity contribution in [1.29, 1.82) is 0 Å². The monoisotopic (exact) mass is 481 g/mol. The first-order chi connectivity index (χ1) is 13.4. The molecular formula is C21H22BrCl2N3O. The first-order valence-corrected chi connectivity index (χ1v) is 11.0. The number of hydrogen-bond acceptors (Lipinski definition) is 3. The van der Waals surface area contributed by atoms with Crippen LogP contribution in [0.2, 0.25) is 10.0 Å². The summed E-state index contributed by atoms with van der Waals surface area (Å²) in [5.41, 5.74) is 1.18. The van der Waals surface area contributed by atoms with Crippen LogP contribution in [0, 0.1) is 5.92 Å². The number of fused-ring (bicyclic) bond motifs is 3. The average molecular weight is 483 g/mol. The van der Waals surface area contributed by atoms with E-state index in [1.165, 1.54) is 19.0 Å². The Labute approximate surface area is 183 Å². The Balaban J connectivity index is 1.72. The molecule has 148 valence electrons. The van der Waals surface area contributed by atoms with Gasteiger partial charge in [-0.25, -0.2) is 4.98 Å². The molecule has 2 aromatic rings. The van der Waals surface area contributed by atoms with E-state index < -0.39 is 0 Å². The highest BCUT2D eigenvalue weighted by Gasteiger charge is 2.50. The fourth-order valence-electron chi connectivity index (χ4n) is 4.82. The lowest BCUT2D eigenvalue weighted by molar-refractivity contribution is -0.0404. The van der Waals surface area contributed by atoms with Gasteiger partial charge in [0.1, 0.15) is 5.69 Å². The Morgan fingerprint density at radius 2 is 2.07 bits per heavy atom. The lowest BCUT2D eigenvalue weighted by Crippen LogP contribution is -2.62. The molecule has 1 N–H and O–H groups in total. The van der Waals surface area contributed by atoms with Crippen LogP contribution in [0.5, 0.6) is 0 Å². The van der Waals surface area contributed by atoms with Crippen LogP contribution in [0.3, 0.4) is 0 Å². The molecule has 4 nitrogen and oxygen atoms in total. The molecule has 3 aliphatic rings. The summed E-state index contributed by atoms with van der Waals surface area (Å²) in [6.07, 6.45) is 5.98. The number of nitrogens with one attached hydrogen (secondary N) is 1. The van der Waals surface area contributed by atoms with Gasteiger partial charge in [0.05, 0.1) is 16.1 Å². The van der Waals surface area contributed by atoms with Crippen LogP contribution in [0.15, 0.2) is 41.0 Å². The summed E-state index contributed by atoms with van der Waals surface area (Å²) in [5.74, 6) is 0.486. The van der Waals surface area contributed by atoms with E-state index in [1.54, 1.807) is 6.07 Å². The predicted octanol–water partition coefficient (Wildman–Crippen LogP) is 5.50. The zero-order valence-corrected chi connectivity index (χ0v) is 18.7. The Morgan fingerprint density at radius 3 is 2.71 bits per heavy atom. The molecule has 3 heterocycles. The number of piperidine rings is 2. The largest absolute Gasteiger partial charge is 0.342 e. The van der Waals surface area contributed by atoms with E-state index in [9.17, 15) is 4.79 Å². The van der Waals surface area contributed by atoms with E-state index in [0.717, 1.165) is 35.3 Å². The van der Waals surface area contributed by atoms with Crippen molar-refractivity contribution < 1.29 is 4.79 Å². The third kappa shape index (κ3) is 3.70. The maximum Gasteiger partial charge on any atom is 0.271 e. The molecule has 1 aliphatic carbocycles. The molecule has 1 amide bonds. The van der Waals surface area contributed by atoms with Crippen LogP contribution in [-0.4, -0.2) is 34.9 Å². The Kier molecular flexibility index (Phi) is 5.71. The quantitative estimate of drug-likeness (QED) is 0.626. The highest BCUT2D eigenvalue weighted by Crippen LogP contribution is 2.49. The Morgan fingerprint density at radius 1 is 1.32 bits per heavy atom. The maximum atomic E-state index is 13.1. The third-order valence-corrected chi connectivity index (χ3v) is 7.27. The van der Waals surface area contributed by atoms with Gasteiger partial charge < -0.3 is 5.32 Å². The number of carbonyl (C=O) groups excluding carboxylic acids is 1. The average Bonchev–Trinajstić information content (AvgIpc) is 2.67. The molecule has 28 heavy (non-hydrogen) atoms. The van der Waals surface area contributed by atoms with Crippen molar-refractivity contribution in [3.05, 3.63) is 62.3 Å². The van der Waals surface area contributed by atoms with Crippen LogP contribution in [0.25, 0.3) is 0 Å². The summed E-state index contributed by atoms with van der Waals surface area (Å²) in [7, 11) is 2.18. The molecule has 7 heteroatoms. The first kappa shape index (κ1) is 20.1. The molecule has 2 aliphatic heterocycles. The number of benzene rings is 1. The van der Waals surface area contributed by atoms with Gasteiger partial charge in [-0.05, 0) is 62.4 Å². The second kappa shape index (κ2) is 7.94. The zero-order chi connectivity index (χ0) is 19.9. The van der Waals surface area contributed by atoms with Crippen LogP contribution in [-0.2, 0) is 0 Å². The summed E-state index contributed by atoms with van der Waals surface area (Å²) >= 11 is 15.8. The van der Waals surface area contributed by atoms with Gasteiger partial charge in [0, 0.05) is 22.8 Å². The molecule has 1 unspecified atom stereocenters. The van der Waals surface area contributed by atoms with Gasteiger partial charge in [-0.2, -0.15) is 0 Å². The highest BCUT2D eigenvalue weighted by molar-refractivity contribution is 9.10. The summed E-state index contributed by atoms with van der Waals surface area (Å²) in [5, 5.41) is 3.93. The van der Waals surface area contributed by atoms with Gasteiger partial charge in [0.25, 0.3) is 5.91 Å². The molecule has 5 rings (SSSR count). The van der Waals surface area contributed by atoms with Crippen LogP contribution in [0.1, 0.15) is 47.8 Å². The third-order valence-electron chi connectivity index (χ3n) is 6.28. The van der Waals surface area contributed by atoms with Crippen LogP contribution in [0.4, 0.5) is 0 Å². The smallest absolute Gasteiger partial charge is 0.271 e. The van der Waals surface area contributed by atoms with Gasteiger partial charge >= 0.3 is 0 Å². The topological polar surface area (TPSA) is 45.2 Å². The van der Waals surface area contributed by atoms with Crippen molar-refractivity contribution in [2.75, 3.05) is 13.6 Å². The van der Waals surface area contributed by atoms with Crippen molar-refractivity contribution in [1.82, 2.24) is 15.2 Å². The minimum Gasteiger partial charge on any atom is -0.342 e. The Hall–Kier alpha value is -1.14. The Bertz CT molecular complexity index is 899. The summed E-state index contributed by atoms with van der Waals surface area (Å²) in [6, 6.07) is 9.57. The number of hydrogen-bond donors (Lipinski definition) is 1. The molecule has 1 atom stereocenters. The fraction of sp³-hybridized carbons (Fsp3) is 0.429. The van der Waals surface area contributed by atoms with E-state index in [0.29, 0.717) is 5.02 Å². The normalized spacial score (nSPS) is 25.5. The SMILES string of the molecule is CN1CC2CCC1(C(NC(=O)c1ncc(Cl)cc1Cl)c1cccc(Br)c1)CC2. The standard InChI is InChI=1S/C21H22BrCl2N3O/c1-27-12-13-5-7-21(27,8-6-13)19(14-3-2-4-15(22)9-14)26-20(28)18-17(24)10-16(23)11-25-18/h2-4,9-11,13,19H,5-8,12H2,1H3,(H,26,28). The van der Waals surface area contributed by atoms with E-state index >= 15 is 0 Å². The number of pyridine rings is 1. The molecule has 1 aromatic heterocycles. The van der Waals surface area contributed by atoms with Gasteiger partial charge in [-0.1, -0.05) is 51.3 Å². The van der Waals surface area contributed by atoms with Gasteiger partial charge in [0.2, 0.25) is 0 Å². The molecule has 2 bridgehead atoms. The maximum absolute atomic E-state index is 13.1. The second-order valence-electron chi connectivity index (χ2n) is 7.87. The van der Waals surface area contributed by atoms with Crippen molar-refractivity contribution in [2.24, 2.45) is 5.92 Å². The lowest BCUT2D eigenvalue weighted by Gasteiger charge is -2.57. The van der Waals surface area contributed by atoms with Crippen LogP contribution < -0.4 is 5.32 Å². The van der Waals surface area contributed by atoms with Crippen molar-refractivity contribution in [2.45, 2.75) is 37.3 Å². The van der Waals surface area contributed by atoms with Gasteiger partial charge in [-0.3, -0.25) is 9.69 Å². The van der Waals surface area contributed by atoms with E-state index in [4.69, 9.17) is 23.2 Å². The predicted molar refractivity (Wildman–Crippen MR) is 116 cm³/mol. The number of rotatable bonds is 4. The molecule has 0 spiro atoms. The van der Waals surface area contributed by atoms with Crippen LogP contribution >= 0.6 is 39.1 Å². The number of aromatic nitrogens is 1. The molecule has 3 fully saturated rings. The van der Waals surface area contributed by atoms with E-state index in [1.807, 2.05) is 12.1 Å². The number of amides is 1. The number of carbonyl (C=O) groups is 1. The molecular weight excluding hydrogens is 461 g/mol. The number of likely N-dealkylation sites (N-methyl/N-ethyl adjacent to an activating group) is 1. The summed E-state index contributed by atoms with van der Waals surface area (Å²) in [4.78, 5) is 19.7. The highest BCUT2D eigenvalue weighted by atomic mass is 79.9. The summed E-state index contributed by atoms with van der Waals surface area (Å²) in [6.45, 7) is 1.07. The molecule has 1 saturated carbocycles. The van der Waals surface area contributed by atoms with E-state index in [-0.39, 0.29) is 28.2 Å². The summed E-state index contributed by atoms with van der Waals surface area (Å²) < 4.78 is 0.996. The van der Waals surface area contributed by atoms with Crippen molar-refractivity contribution in [3.8, 4) is 0 Å². The van der Waals surface area contributed by atoms with Gasteiger partial charge in [0.15, 0.2) is 0 Å². The minimum absolute atomic E-state index is 0.107. The zero-order valence-electron chi connectivity index (χ0n) is 15.6. The first-order valence-electron chi connectivity index (χ1n) is 9.48. The lowest BCUT2D eigenvalue weighted by atomic mass is 9.66. The molecule has 2 saturated heterocycles. The second-order valence-corrected chi connectivity index (χ2v) is 9.63. The minimum atomic E-state index is -0.276. The fourth-order valence-corrected chi connectivity index (χ4v) is 5.70. The van der Waals surface area contributed by atoms with Crippen molar-refractivity contribution in [3.63, 3.8) is 0 Å². The number of nitrogens with zero attached hydrogens (tertiary/aromatic N) is 2. The molecule has 1 aromatic carbocycles. The molecule has 0 radical (unpaired) electrons. The van der Waals surface area contributed by atoms with Gasteiger partial charge in [-0.15, -0.1) is 0 Å². The van der Waals surface area contributed by atoms with E-state index in [2.05, 4.69) is 50.3 Å². The number of halogens is 3.